The number of hydrogen-bond acceptors (Lipinski definition) is 10. The number of aromatic nitrogens is 2. The van der Waals surface area contributed by atoms with Crippen molar-refractivity contribution in [2.75, 3.05) is 50.3 Å². The molecule has 0 atom stereocenters. The van der Waals surface area contributed by atoms with Crippen molar-refractivity contribution in [3.8, 4) is 0 Å². The molecular weight excluding hydrogens is 312 g/mol. The summed E-state index contributed by atoms with van der Waals surface area (Å²) in [5.74, 6) is 0. The zero-order chi connectivity index (χ0) is 17.5. The van der Waals surface area contributed by atoms with E-state index in [4.69, 9.17) is 0 Å². The van der Waals surface area contributed by atoms with Crippen LogP contribution in [0.5, 0.6) is 0 Å². The average molecular weight is 334 g/mol. The van der Waals surface area contributed by atoms with Gasteiger partial charge < -0.3 is 41.3 Å². The molecule has 1 aromatic heterocycles. The molecule has 0 radical (unpaired) electrons. The fraction of sp³-hybridized carbons (Fsp3) is 0.667. The molecule has 1 heterocycles. The smallest absolute Gasteiger partial charge is 0.289 e. The Kier molecular flexibility index (Phi) is 6.87. The third-order valence-electron chi connectivity index (χ3n) is 3.46. The summed E-state index contributed by atoms with van der Waals surface area (Å²) in [4.78, 5) is 12.0. The Morgan fingerprint density at radius 2 is 1.30 bits per heavy atom. The molecule has 0 aliphatic carbocycles. The Morgan fingerprint density at radius 1 is 0.870 bits per heavy atom. The molecule has 0 unspecified atom stereocenters. The van der Waals surface area contributed by atoms with Gasteiger partial charge in [0.2, 0.25) is 0 Å². The standard InChI is InChI=1S/C12H22N4O7/c17-2-11(3-18,4-19)14-8-1-13-16-10(23)9(8)15-12(5-20,6-21)7-22/h1,17-22H,2-7H2,(H,13,15)(H2,14,16,23). The fourth-order valence-corrected chi connectivity index (χ4v) is 1.71. The van der Waals surface area contributed by atoms with Crippen LogP contribution in [-0.4, -0.2) is 91.6 Å². The zero-order valence-electron chi connectivity index (χ0n) is 12.4. The summed E-state index contributed by atoms with van der Waals surface area (Å²) >= 11 is 0. The highest BCUT2D eigenvalue weighted by Crippen LogP contribution is 2.23. The van der Waals surface area contributed by atoms with E-state index in [1.165, 1.54) is 0 Å². The number of hydrogen-bond donors (Lipinski definition) is 9. The lowest BCUT2D eigenvalue weighted by Gasteiger charge is -2.33. The molecule has 9 N–H and O–H groups in total. The van der Waals surface area contributed by atoms with E-state index >= 15 is 0 Å². The molecular formula is C12H22N4O7. The van der Waals surface area contributed by atoms with E-state index < -0.39 is 56.3 Å². The van der Waals surface area contributed by atoms with Crippen LogP contribution in [0.4, 0.5) is 11.4 Å². The van der Waals surface area contributed by atoms with Crippen molar-refractivity contribution in [2.24, 2.45) is 0 Å². The lowest BCUT2D eigenvalue weighted by molar-refractivity contribution is 0.0815. The van der Waals surface area contributed by atoms with Gasteiger partial charge in [0.15, 0.2) is 0 Å². The van der Waals surface area contributed by atoms with Crippen molar-refractivity contribution >= 4 is 11.4 Å². The highest BCUT2D eigenvalue weighted by molar-refractivity contribution is 5.68. The van der Waals surface area contributed by atoms with Gasteiger partial charge in [-0.15, -0.1) is 0 Å². The molecule has 0 fully saturated rings. The van der Waals surface area contributed by atoms with Gasteiger partial charge >= 0.3 is 0 Å². The second kappa shape index (κ2) is 8.19. The molecule has 1 rings (SSSR count). The first-order valence-corrected chi connectivity index (χ1v) is 6.74. The van der Waals surface area contributed by atoms with Gasteiger partial charge in [0.1, 0.15) is 16.8 Å². The van der Waals surface area contributed by atoms with Crippen LogP contribution in [0.15, 0.2) is 11.0 Å². The lowest BCUT2D eigenvalue weighted by atomic mass is 10.0. The van der Waals surface area contributed by atoms with E-state index in [-0.39, 0.29) is 11.4 Å². The Balaban J connectivity index is 3.26. The Bertz CT molecular complexity index is 526. The highest BCUT2D eigenvalue weighted by Gasteiger charge is 2.33. The monoisotopic (exact) mass is 334 g/mol. The number of aliphatic hydroxyl groups excluding tert-OH is 6. The number of aromatic amines is 1. The molecule has 0 aliphatic rings. The topological polar surface area (TPSA) is 191 Å². The summed E-state index contributed by atoms with van der Waals surface area (Å²) in [5, 5.41) is 66.9. The molecule has 0 saturated heterocycles. The van der Waals surface area contributed by atoms with Gasteiger partial charge in [-0.05, 0) is 0 Å². The molecule has 11 nitrogen and oxygen atoms in total. The molecule has 0 aromatic carbocycles. The van der Waals surface area contributed by atoms with Gasteiger partial charge in [-0.3, -0.25) is 4.79 Å². The van der Waals surface area contributed by atoms with Crippen molar-refractivity contribution in [2.45, 2.75) is 11.1 Å². The largest absolute Gasteiger partial charge is 0.394 e. The maximum absolute atomic E-state index is 12.0. The van der Waals surface area contributed by atoms with Crippen LogP contribution in [0.2, 0.25) is 0 Å². The van der Waals surface area contributed by atoms with Crippen molar-refractivity contribution in [3.63, 3.8) is 0 Å². The first-order chi connectivity index (χ1) is 10.9. The van der Waals surface area contributed by atoms with Gasteiger partial charge in [0.25, 0.3) is 5.56 Å². The van der Waals surface area contributed by atoms with Crippen LogP contribution in [0.1, 0.15) is 0 Å². The SMILES string of the molecule is O=c1[nH]ncc(NC(CO)(CO)CO)c1NC(CO)(CO)CO. The van der Waals surface area contributed by atoms with Gasteiger partial charge in [0.05, 0.1) is 51.5 Å². The van der Waals surface area contributed by atoms with Gasteiger partial charge in [-0.2, -0.15) is 5.10 Å². The lowest BCUT2D eigenvalue weighted by Crippen LogP contribution is -2.52. The molecule has 0 bridgehead atoms. The van der Waals surface area contributed by atoms with Crippen LogP contribution in [0, 0.1) is 0 Å². The summed E-state index contributed by atoms with van der Waals surface area (Å²) in [5.41, 5.74) is -4.04. The Morgan fingerprint density at radius 3 is 1.74 bits per heavy atom. The van der Waals surface area contributed by atoms with Crippen LogP contribution in [0.25, 0.3) is 0 Å². The summed E-state index contributed by atoms with van der Waals surface area (Å²) < 4.78 is 0. The maximum atomic E-state index is 12.0. The number of aliphatic hydroxyl groups is 6. The summed E-state index contributed by atoms with van der Waals surface area (Å²) in [6, 6.07) is 0. The van der Waals surface area contributed by atoms with Crippen LogP contribution < -0.4 is 16.2 Å². The van der Waals surface area contributed by atoms with Crippen LogP contribution in [-0.2, 0) is 0 Å². The van der Waals surface area contributed by atoms with E-state index in [0.29, 0.717) is 0 Å². The van der Waals surface area contributed by atoms with Gasteiger partial charge in [-0.25, -0.2) is 5.10 Å². The zero-order valence-corrected chi connectivity index (χ0v) is 12.4. The minimum atomic E-state index is -1.58. The number of nitrogens with one attached hydrogen (secondary N) is 3. The Hall–Kier alpha value is -1.76. The normalized spacial score (nSPS) is 12.3. The average Bonchev–Trinajstić information content (AvgIpc) is 2.60. The highest BCUT2D eigenvalue weighted by atomic mass is 16.3. The summed E-state index contributed by atoms with van der Waals surface area (Å²) in [7, 11) is 0. The molecule has 11 heteroatoms. The van der Waals surface area contributed by atoms with Gasteiger partial charge in [0, 0.05) is 0 Å². The predicted molar refractivity (Wildman–Crippen MR) is 80.1 cm³/mol. The van der Waals surface area contributed by atoms with Crippen LogP contribution >= 0.6 is 0 Å². The summed E-state index contributed by atoms with van der Waals surface area (Å²) in [6.45, 7) is -3.95. The number of rotatable bonds is 10. The third kappa shape index (κ3) is 4.16. The molecule has 0 spiro atoms. The van der Waals surface area contributed by atoms with E-state index in [9.17, 15) is 35.4 Å². The second-order valence-corrected chi connectivity index (χ2v) is 5.25. The first-order valence-electron chi connectivity index (χ1n) is 6.74. The second-order valence-electron chi connectivity index (χ2n) is 5.25. The number of H-pyrrole nitrogens is 1. The minimum absolute atomic E-state index is 0.00868. The van der Waals surface area contributed by atoms with Crippen molar-refractivity contribution in [1.82, 2.24) is 10.2 Å². The number of anilines is 2. The minimum Gasteiger partial charge on any atom is -0.394 e. The van der Waals surface area contributed by atoms with Crippen molar-refractivity contribution in [1.29, 1.82) is 0 Å². The molecule has 23 heavy (non-hydrogen) atoms. The van der Waals surface area contributed by atoms with E-state index in [1.807, 2.05) is 0 Å². The first kappa shape index (κ1) is 19.3. The van der Waals surface area contributed by atoms with E-state index in [1.54, 1.807) is 0 Å². The maximum Gasteiger partial charge on any atom is 0.289 e. The fourth-order valence-electron chi connectivity index (χ4n) is 1.71. The van der Waals surface area contributed by atoms with E-state index in [0.717, 1.165) is 6.20 Å². The molecule has 0 aliphatic heterocycles. The van der Waals surface area contributed by atoms with Crippen molar-refractivity contribution in [3.05, 3.63) is 16.6 Å². The number of nitrogens with zero attached hydrogens (tertiary/aromatic N) is 1. The molecule has 132 valence electrons. The molecule has 0 saturated carbocycles. The third-order valence-corrected chi connectivity index (χ3v) is 3.46. The van der Waals surface area contributed by atoms with Crippen molar-refractivity contribution < 1.29 is 30.6 Å². The molecule has 0 amide bonds. The van der Waals surface area contributed by atoms with Crippen LogP contribution in [0.3, 0.4) is 0 Å². The van der Waals surface area contributed by atoms with Gasteiger partial charge in [-0.1, -0.05) is 0 Å². The Labute approximate surface area is 131 Å². The van der Waals surface area contributed by atoms with E-state index in [2.05, 4.69) is 20.8 Å². The quantitative estimate of drug-likeness (QED) is 0.204. The predicted octanol–water partition coefficient (Wildman–Crippen LogP) is -3.97. The molecule has 1 aromatic rings. The summed E-state index contributed by atoms with van der Waals surface area (Å²) in [6.07, 6.45) is 1.15.